The summed E-state index contributed by atoms with van der Waals surface area (Å²) in [6.07, 6.45) is 3.30. The molecule has 0 radical (unpaired) electrons. The highest BCUT2D eigenvalue weighted by molar-refractivity contribution is 7.90. The van der Waals surface area contributed by atoms with Crippen LogP contribution in [-0.4, -0.2) is 34.2 Å². The Morgan fingerprint density at radius 3 is 2.41 bits per heavy atom. The average Bonchev–Trinajstić information content (AvgIpc) is 3.31. The van der Waals surface area contributed by atoms with Crippen LogP contribution in [0.5, 0.6) is 0 Å². The van der Waals surface area contributed by atoms with Crippen molar-refractivity contribution in [2.24, 2.45) is 0 Å². The van der Waals surface area contributed by atoms with E-state index in [-0.39, 0.29) is 4.90 Å². The van der Waals surface area contributed by atoms with E-state index in [1.165, 1.54) is 12.1 Å². The molecule has 6 nitrogen and oxygen atoms in total. The van der Waals surface area contributed by atoms with E-state index in [9.17, 15) is 17.2 Å². The van der Waals surface area contributed by atoms with E-state index in [0.29, 0.717) is 40.0 Å². The summed E-state index contributed by atoms with van der Waals surface area (Å²) in [7, 11) is -3.30. The first kappa shape index (κ1) is 19.3. The van der Waals surface area contributed by atoms with Gasteiger partial charge in [0.25, 0.3) is 0 Å². The van der Waals surface area contributed by atoms with Crippen molar-refractivity contribution in [3.05, 3.63) is 60.4 Å². The number of rotatable bonds is 5. The van der Waals surface area contributed by atoms with Gasteiger partial charge in [-0.15, -0.1) is 0 Å². The molecule has 0 aliphatic heterocycles. The normalized spacial score (nSPS) is 12.2. The molecule has 0 N–H and O–H groups in total. The lowest BCUT2D eigenvalue weighted by Gasteiger charge is -2.09. The fourth-order valence-electron chi connectivity index (χ4n) is 3.33. The molecule has 2 aromatic carbocycles. The molecule has 29 heavy (non-hydrogen) atoms. The molecule has 9 heteroatoms. The van der Waals surface area contributed by atoms with Crippen LogP contribution in [0.4, 0.5) is 8.78 Å². The lowest BCUT2D eigenvalue weighted by molar-refractivity contribution is 0.0611. The fraction of sp³-hybridized carbons (Fsp3) is 0.200. The highest BCUT2D eigenvalue weighted by atomic mass is 32.2. The van der Waals surface area contributed by atoms with Crippen molar-refractivity contribution in [2.75, 3.05) is 6.26 Å². The molecule has 0 fully saturated rings. The Hall–Kier alpha value is -3.07. The number of hydrogen-bond acceptors (Lipinski definition) is 4. The maximum atomic E-state index is 13.4. The molecule has 150 valence electrons. The van der Waals surface area contributed by atoms with E-state index in [1.54, 1.807) is 41.2 Å². The molecule has 0 saturated heterocycles. The van der Waals surface area contributed by atoms with E-state index in [0.717, 1.165) is 10.9 Å². The zero-order valence-electron chi connectivity index (χ0n) is 15.8. The van der Waals surface area contributed by atoms with Gasteiger partial charge in [0.05, 0.1) is 33.7 Å². The number of nitrogens with zero attached hydrogens (tertiary/aromatic N) is 4. The first-order valence-corrected chi connectivity index (χ1v) is 10.8. The molecule has 0 aliphatic rings. The van der Waals surface area contributed by atoms with Gasteiger partial charge in [0.1, 0.15) is 0 Å². The van der Waals surface area contributed by atoms with E-state index in [2.05, 4.69) is 10.2 Å². The summed E-state index contributed by atoms with van der Waals surface area (Å²) in [6.45, 7) is -0.859. The van der Waals surface area contributed by atoms with Crippen LogP contribution in [0.1, 0.15) is 19.2 Å². The van der Waals surface area contributed by atoms with Gasteiger partial charge in [0.2, 0.25) is 0 Å². The molecule has 4 rings (SSSR count). The Kier molecular flexibility index (Phi) is 4.70. The zero-order chi connectivity index (χ0) is 20.8. The van der Waals surface area contributed by atoms with Gasteiger partial charge >= 0.3 is 6.55 Å². The molecule has 2 aromatic heterocycles. The fourth-order valence-corrected chi connectivity index (χ4v) is 3.96. The second-order valence-corrected chi connectivity index (χ2v) is 8.66. The van der Waals surface area contributed by atoms with Gasteiger partial charge in [-0.2, -0.15) is 19.0 Å². The number of halogens is 2. The van der Waals surface area contributed by atoms with E-state index in [1.807, 2.05) is 13.0 Å². The second kappa shape index (κ2) is 7.07. The second-order valence-electron chi connectivity index (χ2n) is 6.65. The lowest BCUT2D eigenvalue weighted by Crippen LogP contribution is -2.02. The Bertz CT molecular complexity index is 1290. The van der Waals surface area contributed by atoms with E-state index < -0.39 is 16.4 Å². The standard InChI is InChI=1S/C20H18F2N4O2S/c1-3-17-16-9-4-13(12-19(16)26(24-17)20(21)22)18-10-11-23-25(18)14-5-7-15(8-6-14)29(2,27)28/h4-12,20H,3H2,1-2H3. The summed E-state index contributed by atoms with van der Waals surface area (Å²) < 4.78 is 52.6. The highest BCUT2D eigenvalue weighted by Gasteiger charge is 2.17. The summed E-state index contributed by atoms with van der Waals surface area (Å²) in [5, 5.41) is 9.04. The first-order valence-electron chi connectivity index (χ1n) is 8.94. The van der Waals surface area contributed by atoms with Gasteiger partial charge < -0.3 is 0 Å². The maximum absolute atomic E-state index is 13.4. The van der Waals surface area contributed by atoms with Gasteiger partial charge in [0.15, 0.2) is 9.84 Å². The van der Waals surface area contributed by atoms with Crippen LogP contribution in [0, 0.1) is 0 Å². The molecule has 4 aromatic rings. The average molecular weight is 416 g/mol. The number of alkyl halides is 2. The molecule has 0 saturated carbocycles. The number of aromatic nitrogens is 4. The topological polar surface area (TPSA) is 69.8 Å². The van der Waals surface area contributed by atoms with Crippen LogP contribution in [-0.2, 0) is 16.3 Å². The van der Waals surface area contributed by atoms with Gasteiger partial charge in [-0.3, -0.25) is 0 Å². The van der Waals surface area contributed by atoms with Crippen molar-refractivity contribution >= 4 is 20.7 Å². The smallest absolute Gasteiger partial charge is 0.233 e. The number of fused-ring (bicyclic) bond motifs is 1. The van der Waals surface area contributed by atoms with Crippen LogP contribution >= 0.6 is 0 Å². The zero-order valence-corrected chi connectivity index (χ0v) is 16.6. The van der Waals surface area contributed by atoms with Crippen molar-refractivity contribution in [1.29, 1.82) is 0 Å². The number of hydrogen-bond donors (Lipinski definition) is 0. The van der Waals surface area contributed by atoms with Crippen molar-refractivity contribution in [2.45, 2.75) is 24.8 Å². The number of aryl methyl sites for hydroxylation is 1. The SMILES string of the molecule is CCc1nn(C(F)F)c2cc(-c3ccnn3-c3ccc(S(C)(=O)=O)cc3)ccc12. The predicted molar refractivity (Wildman–Crippen MR) is 106 cm³/mol. The quantitative estimate of drug-likeness (QED) is 0.488. The molecule has 0 amide bonds. The highest BCUT2D eigenvalue weighted by Crippen LogP contribution is 2.30. The first-order chi connectivity index (χ1) is 13.8. The Morgan fingerprint density at radius 2 is 1.79 bits per heavy atom. The Balaban J connectivity index is 1.82. The summed E-state index contributed by atoms with van der Waals surface area (Å²) >= 11 is 0. The van der Waals surface area contributed by atoms with Crippen LogP contribution in [0.2, 0.25) is 0 Å². The summed E-state index contributed by atoms with van der Waals surface area (Å²) in [5.41, 5.74) is 3.03. The maximum Gasteiger partial charge on any atom is 0.333 e. The molecular weight excluding hydrogens is 398 g/mol. The van der Waals surface area contributed by atoms with E-state index in [4.69, 9.17) is 0 Å². The van der Waals surface area contributed by atoms with Crippen molar-refractivity contribution in [1.82, 2.24) is 19.6 Å². The Morgan fingerprint density at radius 1 is 1.07 bits per heavy atom. The van der Waals surface area contributed by atoms with Crippen LogP contribution < -0.4 is 0 Å². The third kappa shape index (κ3) is 3.42. The summed E-state index contributed by atoms with van der Waals surface area (Å²) in [5.74, 6) is 0. The van der Waals surface area contributed by atoms with Gasteiger partial charge in [0, 0.05) is 17.2 Å². The Labute approximate surface area is 166 Å². The molecule has 0 aliphatic carbocycles. The predicted octanol–water partition coefficient (Wildman–Crippen LogP) is 4.25. The summed E-state index contributed by atoms with van der Waals surface area (Å²) in [6, 6.07) is 13.4. The monoisotopic (exact) mass is 416 g/mol. The lowest BCUT2D eigenvalue weighted by atomic mass is 10.1. The van der Waals surface area contributed by atoms with Crippen LogP contribution in [0.15, 0.2) is 59.6 Å². The largest absolute Gasteiger partial charge is 0.333 e. The van der Waals surface area contributed by atoms with Crippen molar-refractivity contribution in [3.8, 4) is 16.9 Å². The molecule has 0 unspecified atom stereocenters. The van der Waals surface area contributed by atoms with Gasteiger partial charge in [-0.25, -0.2) is 17.8 Å². The molecular formula is C20H18F2N4O2S. The molecule has 2 heterocycles. The van der Waals surface area contributed by atoms with Crippen molar-refractivity contribution < 1.29 is 17.2 Å². The van der Waals surface area contributed by atoms with Crippen LogP contribution in [0.25, 0.3) is 27.8 Å². The molecule has 0 spiro atoms. The third-order valence-corrected chi connectivity index (χ3v) is 5.88. The van der Waals surface area contributed by atoms with Crippen molar-refractivity contribution in [3.63, 3.8) is 0 Å². The number of benzene rings is 2. The van der Waals surface area contributed by atoms with Gasteiger partial charge in [-0.05, 0) is 42.8 Å². The minimum absolute atomic E-state index is 0.212. The molecule has 0 atom stereocenters. The van der Waals surface area contributed by atoms with Gasteiger partial charge in [-0.1, -0.05) is 19.1 Å². The number of sulfone groups is 1. The minimum atomic E-state index is -3.30. The van der Waals surface area contributed by atoms with E-state index >= 15 is 0 Å². The molecule has 0 bridgehead atoms. The third-order valence-electron chi connectivity index (χ3n) is 4.75. The minimum Gasteiger partial charge on any atom is -0.233 e. The summed E-state index contributed by atoms with van der Waals surface area (Å²) in [4.78, 5) is 0.212. The van der Waals surface area contributed by atoms with Crippen LogP contribution in [0.3, 0.4) is 0 Å².